The van der Waals surface area contributed by atoms with Crippen molar-refractivity contribution < 1.29 is 14.7 Å². The third-order valence-electron chi connectivity index (χ3n) is 4.38. The first-order valence-corrected chi connectivity index (χ1v) is 8.94. The summed E-state index contributed by atoms with van der Waals surface area (Å²) in [4.78, 5) is 25.8. The number of hydrogen-bond acceptors (Lipinski definition) is 4. The molecule has 0 bridgehead atoms. The second-order valence-corrected chi connectivity index (χ2v) is 6.08. The van der Waals surface area contributed by atoms with Crippen molar-refractivity contribution in [2.45, 2.75) is 20.8 Å². The number of nitrogens with one attached hydrogen (secondary N) is 1. The number of carbonyl (C=O) groups excluding carboxylic acids is 2. The van der Waals surface area contributed by atoms with Crippen LogP contribution in [-0.2, 0) is 0 Å². The lowest BCUT2D eigenvalue weighted by Gasteiger charge is -2.21. The average molecular weight is 359 g/mol. The molecule has 0 atom stereocenters. The highest BCUT2D eigenvalue weighted by Crippen LogP contribution is 2.37. The predicted octanol–water partition coefficient (Wildman–Crippen LogP) is 5.25. The zero-order valence-electron chi connectivity index (χ0n) is 15.5. The van der Waals surface area contributed by atoms with Crippen LogP contribution in [-0.4, -0.2) is 16.7 Å². The highest BCUT2D eigenvalue weighted by atomic mass is 16.3. The summed E-state index contributed by atoms with van der Waals surface area (Å²) in [6, 6.07) is 17.5. The van der Waals surface area contributed by atoms with E-state index in [1.165, 1.54) is 6.07 Å². The zero-order valence-corrected chi connectivity index (χ0v) is 15.5. The van der Waals surface area contributed by atoms with Crippen LogP contribution in [0, 0.1) is 6.92 Å². The number of anilines is 2. The zero-order chi connectivity index (χ0) is 19.6. The van der Waals surface area contributed by atoms with Crippen molar-refractivity contribution in [3.05, 3.63) is 88.5 Å². The molecule has 4 heteroatoms. The molecule has 0 aliphatic heterocycles. The lowest BCUT2D eigenvalue weighted by atomic mass is 9.82. The molecule has 0 aromatic heterocycles. The van der Waals surface area contributed by atoms with E-state index in [-0.39, 0.29) is 28.4 Å². The molecule has 3 aromatic rings. The maximum atomic E-state index is 13.0. The van der Waals surface area contributed by atoms with E-state index in [4.69, 9.17) is 0 Å². The van der Waals surface area contributed by atoms with Gasteiger partial charge < -0.3 is 10.4 Å². The Bertz CT molecular complexity index is 1020. The maximum Gasteiger partial charge on any atom is 0.198 e. The van der Waals surface area contributed by atoms with Gasteiger partial charge in [-0.05, 0) is 31.2 Å². The van der Waals surface area contributed by atoms with Crippen molar-refractivity contribution >= 4 is 22.9 Å². The van der Waals surface area contributed by atoms with Crippen LogP contribution in [0.3, 0.4) is 0 Å². The summed E-state index contributed by atoms with van der Waals surface area (Å²) in [6.45, 7) is 5.99. The number of aryl methyl sites for hydroxylation is 1. The van der Waals surface area contributed by atoms with Gasteiger partial charge in [0.25, 0.3) is 0 Å². The molecule has 0 radical (unpaired) electrons. The molecular formula is C23H21NO3. The lowest BCUT2D eigenvalue weighted by molar-refractivity contribution is 0.0977. The van der Waals surface area contributed by atoms with Crippen LogP contribution >= 0.6 is 0 Å². The lowest BCUT2D eigenvalue weighted by Crippen LogP contribution is -2.22. The van der Waals surface area contributed by atoms with E-state index < -0.39 is 0 Å². The molecule has 4 nitrogen and oxygen atoms in total. The average Bonchev–Trinajstić information content (AvgIpc) is 2.70. The van der Waals surface area contributed by atoms with Gasteiger partial charge in [-0.1, -0.05) is 55.8 Å². The normalized spacial score (nSPS) is 11.8. The van der Waals surface area contributed by atoms with Crippen molar-refractivity contribution in [3.63, 3.8) is 0 Å². The van der Waals surface area contributed by atoms with Gasteiger partial charge >= 0.3 is 0 Å². The van der Waals surface area contributed by atoms with Crippen LogP contribution in [0.1, 0.15) is 51.3 Å². The van der Waals surface area contributed by atoms with Crippen molar-refractivity contribution in [2.24, 2.45) is 0 Å². The molecule has 0 heterocycles. The molecule has 3 aromatic carbocycles. The van der Waals surface area contributed by atoms with Crippen LogP contribution in [0.15, 0.2) is 60.7 Å². The van der Waals surface area contributed by atoms with E-state index >= 15 is 0 Å². The SMILES string of the molecule is CC.Cc1ccc(Nc2ccc(O)c3c2C(=O)c2ccccc2C3=O)cc1. The highest BCUT2D eigenvalue weighted by molar-refractivity contribution is 6.31. The Labute approximate surface area is 158 Å². The van der Waals surface area contributed by atoms with Gasteiger partial charge in [0.05, 0.1) is 16.8 Å². The number of rotatable bonds is 2. The smallest absolute Gasteiger partial charge is 0.198 e. The molecule has 4 rings (SSSR count). The molecule has 2 N–H and O–H groups in total. The Hall–Kier alpha value is -3.40. The number of benzene rings is 3. The van der Waals surface area contributed by atoms with Crippen LogP contribution in [0.5, 0.6) is 5.75 Å². The summed E-state index contributed by atoms with van der Waals surface area (Å²) < 4.78 is 0. The number of phenols is 1. The largest absolute Gasteiger partial charge is 0.507 e. The number of aromatic hydroxyl groups is 1. The molecule has 0 saturated heterocycles. The van der Waals surface area contributed by atoms with Gasteiger partial charge in [0.15, 0.2) is 11.6 Å². The number of hydrogen-bond donors (Lipinski definition) is 2. The summed E-state index contributed by atoms with van der Waals surface area (Å²) in [5.41, 5.74) is 3.38. The topological polar surface area (TPSA) is 66.4 Å². The van der Waals surface area contributed by atoms with Crippen LogP contribution in [0.4, 0.5) is 11.4 Å². The molecule has 0 amide bonds. The minimum absolute atomic E-state index is 0.0563. The third kappa shape index (κ3) is 3.22. The quantitative estimate of drug-likeness (QED) is 0.480. The van der Waals surface area contributed by atoms with E-state index in [9.17, 15) is 14.7 Å². The molecule has 0 spiro atoms. The fourth-order valence-electron chi connectivity index (χ4n) is 3.10. The fraction of sp³-hybridized carbons (Fsp3) is 0.130. The van der Waals surface area contributed by atoms with Gasteiger partial charge in [0.1, 0.15) is 5.75 Å². The first-order valence-electron chi connectivity index (χ1n) is 8.94. The first kappa shape index (κ1) is 18.4. The second-order valence-electron chi connectivity index (χ2n) is 6.08. The third-order valence-corrected chi connectivity index (χ3v) is 4.38. The molecule has 1 aliphatic rings. The molecule has 0 fully saturated rings. The number of phenolic OH excluding ortho intramolecular Hbond substituents is 1. The molecular weight excluding hydrogens is 338 g/mol. The van der Waals surface area contributed by atoms with Crippen LogP contribution in [0.2, 0.25) is 0 Å². The van der Waals surface area contributed by atoms with Crippen molar-refractivity contribution in [1.82, 2.24) is 0 Å². The van der Waals surface area contributed by atoms with Crippen molar-refractivity contribution in [2.75, 3.05) is 5.32 Å². The standard InChI is InChI=1S/C21H15NO3.C2H6/c1-12-6-8-13(9-7-12)22-16-10-11-17(23)19-18(16)20(24)14-4-2-3-5-15(14)21(19)25;1-2/h2-11,22-23H,1H3;1-2H3. The van der Waals surface area contributed by atoms with Gasteiger partial charge in [-0.15, -0.1) is 0 Å². The van der Waals surface area contributed by atoms with Gasteiger partial charge in [-0.25, -0.2) is 0 Å². The van der Waals surface area contributed by atoms with Crippen LogP contribution < -0.4 is 5.32 Å². The van der Waals surface area contributed by atoms with E-state index in [0.717, 1.165) is 11.3 Å². The van der Waals surface area contributed by atoms with E-state index in [2.05, 4.69) is 5.32 Å². The number of carbonyl (C=O) groups is 2. The summed E-state index contributed by atoms with van der Waals surface area (Å²) in [5.74, 6) is -0.789. The molecule has 136 valence electrons. The molecule has 0 unspecified atom stereocenters. The van der Waals surface area contributed by atoms with E-state index in [1.807, 2.05) is 45.0 Å². The van der Waals surface area contributed by atoms with Crippen LogP contribution in [0.25, 0.3) is 0 Å². The van der Waals surface area contributed by atoms with E-state index in [0.29, 0.717) is 16.8 Å². The minimum atomic E-state index is -0.338. The molecule has 1 aliphatic carbocycles. The number of fused-ring (bicyclic) bond motifs is 2. The fourth-order valence-corrected chi connectivity index (χ4v) is 3.10. The van der Waals surface area contributed by atoms with Gasteiger partial charge in [-0.3, -0.25) is 9.59 Å². The first-order chi connectivity index (χ1) is 13.1. The summed E-state index contributed by atoms with van der Waals surface area (Å²) in [7, 11) is 0. The van der Waals surface area contributed by atoms with Crippen molar-refractivity contribution in [1.29, 1.82) is 0 Å². The summed E-state index contributed by atoms with van der Waals surface area (Å²) >= 11 is 0. The van der Waals surface area contributed by atoms with Gasteiger partial charge in [0, 0.05) is 16.8 Å². The Morgan fingerprint density at radius 3 is 1.89 bits per heavy atom. The Morgan fingerprint density at radius 2 is 1.30 bits per heavy atom. The summed E-state index contributed by atoms with van der Waals surface area (Å²) in [6.07, 6.45) is 0. The second kappa shape index (κ2) is 7.46. The van der Waals surface area contributed by atoms with Gasteiger partial charge in [0.2, 0.25) is 0 Å². The Kier molecular flexibility index (Phi) is 5.08. The summed E-state index contributed by atoms with van der Waals surface area (Å²) in [5, 5.41) is 13.4. The predicted molar refractivity (Wildman–Crippen MR) is 107 cm³/mol. The van der Waals surface area contributed by atoms with Gasteiger partial charge in [-0.2, -0.15) is 0 Å². The van der Waals surface area contributed by atoms with E-state index in [1.54, 1.807) is 30.3 Å². The highest BCUT2D eigenvalue weighted by Gasteiger charge is 2.33. The maximum absolute atomic E-state index is 13.0. The van der Waals surface area contributed by atoms with Crippen molar-refractivity contribution in [3.8, 4) is 5.75 Å². The molecule has 27 heavy (non-hydrogen) atoms. The molecule has 0 saturated carbocycles. The minimum Gasteiger partial charge on any atom is -0.507 e. The Morgan fingerprint density at radius 1 is 0.741 bits per heavy atom. The monoisotopic (exact) mass is 359 g/mol. The number of ketones is 2. The Balaban J connectivity index is 0.00000102.